The molecule has 1 saturated heterocycles. The molecule has 2 atom stereocenters. The van der Waals surface area contributed by atoms with Gasteiger partial charge in [0.25, 0.3) is 0 Å². The van der Waals surface area contributed by atoms with Gasteiger partial charge in [-0.3, -0.25) is 4.79 Å². The average molecular weight is 375 g/mol. The number of β-lactam (4-membered cyclic amide) rings is 1. The van der Waals surface area contributed by atoms with Crippen molar-refractivity contribution in [3.05, 3.63) is 101 Å². The van der Waals surface area contributed by atoms with Crippen molar-refractivity contribution in [3.8, 4) is 5.75 Å². The van der Waals surface area contributed by atoms with E-state index in [9.17, 15) is 14.3 Å². The van der Waals surface area contributed by atoms with Gasteiger partial charge in [0.15, 0.2) is 0 Å². The minimum Gasteiger partial charge on any atom is -0.508 e. The van der Waals surface area contributed by atoms with E-state index in [2.05, 4.69) is 12.1 Å². The Morgan fingerprint density at radius 2 is 1.50 bits per heavy atom. The molecule has 142 valence electrons. The lowest BCUT2D eigenvalue weighted by Crippen LogP contribution is -2.53. The molecule has 0 unspecified atom stereocenters. The minimum atomic E-state index is -0.303. The Morgan fingerprint density at radius 3 is 2.18 bits per heavy atom. The van der Waals surface area contributed by atoms with E-state index in [0.29, 0.717) is 6.54 Å². The summed E-state index contributed by atoms with van der Waals surface area (Å²) >= 11 is 0. The molecule has 0 aromatic heterocycles. The Kier molecular flexibility index (Phi) is 5.11. The minimum absolute atomic E-state index is 0.0769. The monoisotopic (exact) mass is 375 g/mol. The Hall–Kier alpha value is -3.14. The van der Waals surface area contributed by atoms with E-state index in [1.165, 1.54) is 17.7 Å². The van der Waals surface area contributed by atoms with Gasteiger partial charge in [-0.1, -0.05) is 54.6 Å². The predicted octanol–water partition coefficient (Wildman–Crippen LogP) is 4.83. The van der Waals surface area contributed by atoms with Crippen LogP contribution in [0.3, 0.4) is 0 Å². The number of hydrogen-bond donors (Lipinski definition) is 1. The zero-order valence-corrected chi connectivity index (χ0v) is 15.5. The molecule has 0 bridgehead atoms. The topological polar surface area (TPSA) is 40.5 Å². The molecule has 3 nitrogen and oxygen atoms in total. The lowest BCUT2D eigenvalue weighted by Gasteiger charge is -2.48. The summed E-state index contributed by atoms with van der Waals surface area (Å²) in [6, 6.07) is 23.3. The fourth-order valence-corrected chi connectivity index (χ4v) is 3.93. The summed E-state index contributed by atoms with van der Waals surface area (Å²) in [5.74, 6) is -0.337. The zero-order chi connectivity index (χ0) is 19.5. The summed E-state index contributed by atoms with van der Waals surface area (Å²) in [4.78, 5) is 14.8. The van der Waals surface area contributed by atoms with Crippen molar-refractivity contribution in [1.29, 1.82) is 0 Å². The zero-order valence-electron chi connectivity index (χ0n) is 15.5. The third kappa shape index (κ3) is 3.63. The van der Waals surface area contributed by atoms with Crippen molar-refractivity contribution in [2.45, 2.75) is 24.8 Å². The fourth-order valence-electron chi connectivity index (χ4n) is 3.93. The number of nitrogens with zero attached hydrogens (tertiary/aromatic N) is 1. The van der Waals surface area contributed by atoms with Crippen LogP contribution in [-0.2, 0) is 11.2 Å². The van der Waals surface area contributed by atoms with Gasteiger partial charge in [0, 0.05) is 6.54 Å². The van der Waals surface area contributed by atoms with Crippen molar-refractivity contribution < 1.29 is 14.3 Å². The maximum Gasteiger partial charge on any atom is 0.233 e. The van der Waals surface area contributed by atoms with Gasteiger partial charge in [0.1, 0.15) is 11.6 Å². The van der Waals surface area contributed by atoms with Crippen LogP contribution >= 0.6 is 0 Å². The number of rotatable bonds is 6. The summed E-state index contributed by atoms with van der Waals surface area (Å²) < 4.78 is 13.4. The van der Waals surface area contributed by atoms with Crippen molar-refractivity contribution in [3.63, 3.8) is 0 Å². The fraction of sp³-hybridized carbons (Fsp3) is 0.208. The van der Waals surface area contributed by atoms with E-state index in [1.54, 1.807) is 36.4 Å². The molecule has 0 aliphatic carbocycles. The van der Waals surface area contributed by atoms with E-state index in [-0.39, 0.29) is 29.4 Å². The van der Waals surface area contributed by atoms with E-state index in [4.69, 9.17) is 0 Å². The van der Waals surface area contributed by atoms with Crippen LogP contribution in [0.2, 0.25) is 0 Å². The van der Waals surface area contributed by atoms with Crippen LogP contribution in [0.1, 0.15) is 35.1 Å². The second-order valence-electron chi connectivity index (χ2n) is 7.19. The Bertz CT molecular complexity index is 939. The smallest absolute Gasteiger partial charge is 0.233 e. The van der Waals surface area contributed by atoms with Crippen LogP contribution in [0.15, 0.2) is 78.9 Å². The van der Waals surface area contributed by atoms with E-state index >= 15 is 0 Å². The number of aromatic hydroxyl groups is 1. The number of carbonyl (C=O) groups excluding carboxylic acids is 1. The highest BCUT2D eigenvalue weighted by Crippen LogP contribution is 2.46. The molecule has 0 saturated carbocycles. The molecule has 4 rings (SSSR count). The van der Waals surface area contributed by atoms with Gasteiger partial charge in [-0.25, -0.2) is 4.39 Å². The normalized spacial score (nSPS) is 18.8. The molecule has 1 fully saturated rings. The molecule has 1 amide bonds. The maximum absolute atomic E-state index is 13.4. The number of carbonyl (C=O) groups is 1. The molecule has 3 aromatic rings. The van der Waals surface area contributed by atoms with Crippen LogP contribution in [0.5, 0.6) is 5.75 Å². The third-order valence-corrected chi connectivity index (χ3v) is 5.37. The predicted molar refractivity (Wildman–Crippen MR) is 106 cm³/mol. The second kappa shape index (κ2) is 7.85. The van der Waals surface area contributed by atoms with Crippen LogP contribution < -0.4 is 0 Å². The standard InChI is InChI=1S/C24H22FNO2/c25-20-12-8-19(9-13-20)23-22(18-10-14-21(27)15-11-18)24(28)26(23)16-4-7-17-5-2-1-3-6-17/h1-3,5-6,8-15,22-23,27H,4,7,16H2/t22-,23+/m1/s1. The highest BCUT2D eigenvalue weighted by molar-refractivity contribution is 5.91. The Labute approximate surface area is 164 Å². The molecule has 0 radical (unpaired) electrons. The van der Waals surface area contributed by atoms with E-state index < -0.39 is 0 Å². The Morgan fingerprint density at radius 1 is 0.857 bits per heavy atom. The molecular formula is C24H22FNO2. The number of phenolic OH excluding ortho intramolecular Hbond substituents is 1. The maximum atomic E-state index is 13.4. The van der Waals surface area contributed by atoms with E-state index in [0.717, 1.165) is 24.0 Å². The summed E-state index contributed by atoms with van der Waals surface area (Å²) in [7, 11) is 0. The molecule has 1 N–H and O–H groups in total. The molecule has 28 heavy (non-hydrogen) atoms. The lowest BCUT2D eigenvalue weighted by molar-refractivity contribution is -0.150. The average Bonchev–Trinajstić information content (AvgIpc) is 2.72. The molecule has 3 aromatic carbocycles. The highest BCUT2D eigenvalue weighted by atomic mass is 19.1. The first-order valence-corrected chi connectivity index (χ1v) is 9.52. The molecular weight excluding hydrogens is 353 g/mol. The third-order valence-electron chi connectivity index (χ3n) is 5.37. The molecule has 4 heteroatoms. The van der Waals surface area contributed by atoms with Gasteiger partial charge < -0.3 is 10.0 Å². The summed E-state index contributed by atoms with van der Waals surface area (Å²) in [5, 5.41) is 9.55. The summed E-state index contributed by atoms with van der Waals surface area (Å²) in [5.41, 5.74) is 3.05. The van der Waals surface area contributed by atoms with Gasteiger partial charge >= 0.3 is 0 Å². The summed E-state index contributed by atoms with van der Waals surface area (Å²) in [6.45, 7) is 0.657. The van der Waals surface area contributed by atoms with Crippen LogP contribution in [-0.4, -0.2) is 22.5 Å². The number of phenols is 1. The largest absolute Gasteiger partial charge is 0.508 e. The number of halogens is 1. The number of benzene rings is 3. The molecule has 1 aliphatic rings. The first-order valence-electron chi connectivity index (χ1n) is 9.52. The Balaban J connectivity index is 1.53. The molecule has 0 spiro atoms. The second-order valence-corrected chi connectivity index (χ2v) is 7.19. The van der Waals surface area contributed by atoms with Gasteiger partial charge in [-0.05, 0) is 53.8 Å². The quantitative estimate of drug-likeness (QED) is 0.627. The van der Waals surface area contributed by atoms with E-state index in [1.807, 2.05) is 23.1 Å². The van der Waals surface area contributed by atoms with Crippen LogP contribution in [0, 0.1) is 5.82 Å². The number of likely N-dealkylation sites (tertiary alicyclic amines) is 1. The molecule has 1 aliphatic heterocycles. The van der Waals surface area contributed by atoms with Crippen molar-refractivity contribution in [2.24, 2.45) is 0 Å². The van der Waals surface area contributed by atoms with Crippen molar-refractivity contribution in [2.75, 3.05) is 6.54 Å². The van der Waals surface area contributed by atoms with Crippen LogP contribution in [0.4, 0.5) is 4.39 Å². The lowest BCUT2D eigenvalue weighted by atomic mass is 9.77. The van der Waals surface area contributed by atoms with Crippen molar-refractivity contribution in [1.82, 2.24) is 4.90 Å². The summed E-state index contributed by atoms with van der Waals surface area (Å²) in [6.07, 6.45) is 1.78. The van der Waals surface area contributed by atoms with Crippen molar-refractivity contribution >= 4 is 5.91 Å². The number of hydrogen-bond acceptors (Lipinski definition) is 2. The van der Waals surface area contributed by atoms with Gasteiger partial charge in [0.2, 0.25) is 5.91 Å². The number of aryl methyl sites for hydroxylation is 1. The van der Waals surface area contributed by atoms with Gasteiger partial charge in [-0.2, -0.15) is 0 Å². The van der Waals surface area contributed by atoms with Crippen LogP contribution in [0.25, 0.3) is 0 Å². The highest BCUT2D eigenvalue weighted by Gasteiger charge is 2.48. The first kappa shape index (κ1) is 18.2. The SMILES string of the molecule is O=C1[C@H](c2ccc(O)cc2)[C@H](c2ccc(F)cc2)N1CCCc1ccccc1. The van der Waals surface area contributed by atoms with Gasteiger partial charge in [0.05, 0.1) is 12.0 Å². The first-order chi connectivity index (χ1) is 13.6. The van der Waals surface area contributed by atoms with Gasteiger partial charge in [-0.15, -0.1) is 0 Å². The molecule has 1 heterocycles. The number of amides is 1.